The molecule has 1 saturated heterocycles. The third-order valence-corrected chi connectivity index (χ3v) is 5.64. The largest absolute Gasteiger partial charge is 0.336 e. The highest BCUT2D eigenvalue weighted by atomic mass is 16.2. The van der Waals surface area contributed by atoms with Gasteiger partial charge in [-0.1, -0.05) is 45.0 Å². The molecule has 0 bridgehead atoms. The third-order valence-electron chi connectivity index (χ3n) is 5.64. The van der Waals surface area contributed by atoms with Crippen LogP contribution in [0.1, 0.15) is 63.8 Å². The summed E-state index contributed by atoms with van der Waals surface area (Å²) in [6, 6.07) is 14.3. The second-order valence-electron chi connectivity index (χ2n) is 8.55. The minimum atomic E-state index is -0.273. The summed E-state index contributed by atoms with van der Waals surface area (Å²) in [5.74, 6) is -0.566. The van der Waals surface area contributed by atoms with Gasteiger partial charge in [0.2, 0.25) is 0 Å². The maximum absolute atomic E-state index is 12.9. The Balaban J connectivity index is 1.48. The predicted molar refractivity (Wildman–Crippen MR) is 106 cm³/mol. The number of likely N-dealkylation sites (tertiary alicyclic amines) is 1. The van der Waals surface area contributed by atoms with E-state index >= 15 is 0 Å². The highest BCUT2D eigenvalue weighted by molar-refractivity contribution is 6.21. The van der Waals surface area contributed by atoms with E-state index in [4.69, 9.17) is 0 Å². The Hall–Kier alpha value is -2.95. The van der Waals surface area contributed by atoms with Gasteiger partial charge in [-0.05, 0) is 41.7 Å². The molecular weight excluding hydrogens is 352 g/mol. The van der Waals surface area contributed by atoms with E-state index in [1.807, 2.05) is 24.3 Å². The smallest absolute Gasteiger partial charge is 0.261 e. The van der Waals surface area contributed by atoms with E-state index in [2.05, 4.69) is 20.8 Å². The van der Waals surface area contributed by atoms with Gasteiger partial charge in [0.1, 0.15) is 0 Å². The molecule has 0 spiro atoms. The lowest BCUT2D eigenvalue weighted by Crippen LogP contribution is -2.42. The van der Waals surface area contributed by atoms with Crippen LogP contribution >= 0.6 is 0 Å². The van der Waals surface area contributed by atoms with Crippen molar-refractivity contribution in [3.05, 3.63) is 70.8 Å². The average molecular weight is 376 g/mol. The Labute approximate surface area is 164 Å². The zero-order valence-electron chi connectivity index (χ0n) is 16.4. The molecule has 0 radical (unpaired) electrons. The van der Waals surface area contributed by atoms with Crippen LogP contribution in [0.25, 0.3) is 0 Å². The van der Waals surface area contributed by atoms with Crippen molar-refractivity contribution in [3.8, 4) is 0 Å². The molecule has 0 N–H and O–H groups in total. The molecule has 0 aromatic heterocycles. The van der Waals surface area contributed by atoms with Crippen molar-refractivity contribution in [3.63, 3.8) is 0 Å². The van der Waals surface area contributed by atoms with Crippen LogP contribution in [-0.2, 0) is 5.41 Å². The van der Waals surface area contributed by atoms with Gasteiger partial charge in [-0.25, -0.2) is 0 Å². The molecule has 2 aromatic rings. The lowest BCUT2D eigenvalue weighted by molar-refractivity contribution is 0.0574. The summed E-state index contributed by atoms with van der Waals surface area (Å²) >= 11 is 0. The van der Waals surface area contributed by atoms with Gasteiger partial charge in [-0.15, -0.1) is 0 Å². The van der Waals surface area contributed by atoms with Gasteiger partial charge < -0.3 is 4.90 Å². The van der Waals surface area contributed by atoms with Crippen molar-refractivity contribution in [2.45, 2.75) is 38.6 Å². The first kappa shape index (κ1) is 18.4. The molecular formula is C23H24N2O3. The molecule has 2 aromatic carbocycles. The molecule has 144 valence electrons. The number of hydrogen-bond acceptors (Lipinski definition) is 3. The fraction of sp³-hybridized carbons (Fsp3) is 0.348. The number of benzene rings is 2. The molecule has 2 aliphatic rings. The normalized spacial score (nSPS) is 19.3. The van der Waals surface area contributed by atoms with Crippen LogP contribution in [0.15, 0.2) is 48.5 Å². The van der Waals surface area contributed by atoms with Crippen molar-refractivity contribution in [1.82, 2.24) is 9.80 Å². The number of imide groups is 1. The van der Waals surface area contributed by atoms with Crippen LogP contribution in [0.4, 0.5) is 0 Å². The number of hydrogen-bond donors (Lipinski definition) is 0. The summed E-state index contributed by atoms with van der Waals surface area (Å²) in [5.41, 5.74) is 2.75. The monoisotopic (exact) mass is 376 g/mol. The van der Waals surface area contributed by atoms with E-state index in [0.717, 1.165) is 0 Å². The summed E-state index contributed by atoms with van der Waals surface area (Å²) in [7, 11) is 0. The van der Waals surface area contributed by atoms with Crippen LogP contribution in [0.3, 0.4) is 0 Å². The minimum Gasteiger partial charge on any atom is -0.336 e. The van der Waals surface area contributed by atoms with Crippen molar-refractivity contribution in [2.24, 2.45) is 0 Å². The molecule has 4 rings (SSSR count). The summed E-state index contributed by atoms with van der Waals surface area (Å²) < 4.78 is 0. The maximum Gasteiger partial charge on any atom is 0.261 e. The summed E-state index contributed by atoms with van der Waals surface area (Å²) in [6.07, 6.45) is 0.608. The molecule has 1 fully saturated rings. The number of fused-ring (bicyclic) bond motifs is 1. The van der Waals surface area contributed by atoms with Crippen LogP contribution in [0.2, 0.25) is 0 Å². The molecule has 28 heavy (non-hydrogen) atoms. The molecule has 2 heterocycles. The minimum absolute atomic E-state index is 0.0335. The van der Waals surface area contributed by atoms with Crippen LogP contribution < -0.4 is 0 Å². The van der Waals surface area contributed by atoms with Gasteiger partial charge in [0.15, 0.2) is 0 Å². The third kappa shape index (κ3) is 3.01. The first-order valence-corrected chi connectivity index (χ1v) is 9.64. The molecule has 2 aliphatic heterocycles. The SMILES string of the molecule is CC(C)(C)c1ccc(C(=O)N2CCC(N3C(=O)c4ccccc4C3=O)C2)cc1. The second kappa shape index (κ2) is 6.59. The number of rotatable bonds is 2. The zero-order chi connectivity index (χ0) is 20.1. The molecule has 1 unspecified atom stereocenters. The molecule has 0 saturated carbocycles. The number of carbonyl (C=O) groups excluding carboxylic acids is 3. The topological polar surface area (TPSA) is 57.7 Å². The Bertz CT molecular complexity index is 922. The van der Waals surface area contributed by atoms with Crippen molar-refractivity contribution in [1.29, 1.82) is 0 Å². The quantitative estimate of drug-likeness (QED) is 0.754. The first-order chi connectivity index (χ1) is 13.3. The summed E-state index contributed by atoms with van der Waals surface area (Å²) in [4.78, 5) is 41.3. The van der Waals surface area contributed by atoms with E-state index in [-0.39, 0.29) is 29.2 Å². The van der Waals surface area contributed by atoms with E-state index in [0.29, 0.717) is 36.2 Å². The molecule has 5 heteroatoms. The Morgan fingerprint density at radius 1 is 0.929 bits per heavy atom. The van der Waals surface area contributed by atoms with Crippen molar-refractivity contribution in [2.75, 3.05) is 13.1 Å². The zero-order valence-corrected chi connectivity index (χ0v) is 16.4. The predicted octanol–water partition coefficient (Wildman–Crippen LogP) is 3.49. The number of nitrogens with zero attached hydrogens (tertiary/aromatic N) is 2. The van der Waals surface area contributed by atoms with E-state index < -0.39 is 0 Å². The Kier molecular flexibility index (Phi) is 4.33. The Morgan fingerprint density at radius 2 is 1.50 bits per heavy atom. The molecule has 0 aliphatic carbocycles. The maximum atomic E-state index is 12.9. The fourth-order valence-corrected chi connectivity index (χ4v) is 3.97. The van der Waals surface area contributed by atoms with Gasteiger partial charge >= 0.3 is 0 Å². The van der Waals surface area contributed by atoms with E-state index in [9.17, 15) is 14.4 Å². The highest BCUT2D eigenvalue weighted by Crippen LogP contribution is 2.29. The van der Waals surface area contributed by atoms with E-state index in [1.54, 1.807) is 29.2 Å². The fourth-order valence-electron chi connectivity index (χ4n) is 3.97. The summed E-state index contributed by atoms with van der Waals surface area (Å²) in [6.45, 7) is 7.33. The molecule has 3 amide bonds. The van der Waals surface area contributed by atoms with Crippen LogP contribution in [0.5, 0.6) is 0 Å². The standard InChI is InChI=1S/C23H24N2O3/c1-23(2,3)16-10-8-15(9-11-16)20(26)24-13-12-17(14-24)25-21(27)18-6-4-5-7-19(18)22(25)28/h4-11,17H,12-14H2,1-3H3. The van der Waals surface area contributed by atoms with Gasteiger partial charge in [-0.3, -0.25) is 19.3 Å². The van der Waals surface area contributed by atoms with Crippen LogP contribution in [0, 0.1) is 0 Å². The van der Waals surface area contributed by atoms with Gasteiger partial charge in [-0.2, -0.15) is 0 Å². The van der Waals surface area contributed by atoms with Crippen LogP contribution in [-0.4, -0.2) is 46.7 Å². The second-order valence-corrected chi connectivity index (χ2v) is 8.55. The van der Waals surface area contributed by atoms with E-state index in [1.165, 1.54) is 10.5 Å². The van der Waals surface area contributed by atoms with Gasteiger partial charge in [0.05, 0.1) is 17.2 Å². The highest BCUT2D eigenvalue weighted by Gasteiger charge is 2.42. The molecule has 5 nitrogen and oxygen atoms in total. The lowest BCUT2D eigenvalue weighted by atomic mass is 9.86. The lowest BCUT2D eigenvalue weighted by Gasteiger charge is -2.23. The van der Waals surface area contributed by atoms with Crippen molar-refractivity contribution >= 4 is 17.7 Å². The molecule has 1 atom stereocenters. The Morgan fingerprint density at radius 3 is 2.04 bits per heavy atom. The van der Waals surface area contributed by atoms with Gasteiger partial charge in [0, 0.05) is 18.7 Å². The first-order valence-electron chi connectivity index (χ1n) is 9.64. The number of amides is 3. The van der Waals surface area contributed by atoms with Crippen molar-refractivity contribution < 1.29 is 14.4 Å². The van der Waals surface area contributed by atoms with Gasteiger partial charge in [0.25, 0.3) is 17.7 Å². The number of carbonyl (C=O) groups is 3. The average Bonchev–Trinajstić information content (AvgIpc) is 3.25. The summed E-state index contributed by atoms with van der Waals surface area (Å²) in [5, 5.41) is 0.